The lowest BCUT2D eigenvalue weighted by atomic mass is 9.97. The van der Waals surface area contributed by atoms with Crippen LogP contribution in [0.25, 0.3) is 21.1 Å². The van der Waals surface area contributed by atoms with Gasteiger partial charge in [0.25, 0.3) is 0 Å². The maximum absolute atomic E-state index is 12.4. The van der Waals surface area contributed by atoms with Gasteiger partial charge in [-0.15, -0.1) is 10.2 Å². The van der Waals surface area contributed by atoms with Gasteiger partial charge in [-0.2, -0.15) is 13.2 Å². The number of carbonyl (C=O) groups excluding carboxylic acids is 2. The molecule has 1 aliphatic rings. The van der Waals surface area contributed by atoms with Gasteiger partial charge in [-0.3, -0.25) is 4.79 Å². The van der Waals surface area contributed by atoms with Crippen molar-refractivity contribution in [2.75, 3.05) is 19.6 Å². The molecule has 1 atom stereocenters. The molecule has 4 rings (SSSR count). The molecule has 1 saturated heterocycles. The van der Waals surface area contributed by atoms with Crippen LogP contribution in [0.1, 0.15) is 38.3 Å². The van der Waals surface area contributed by atoms with E-state index in [0.717, 1.165) is 38.7 Å². The van der Waals surface area contributed by atoms with Crippen molar-refractivity contribution in [2.45, 2.75) is 52.3 Å². The molecule has 40 heavy (non-hydrogen) atoms. The second-order valence-electron chi connectivity index (χ2n) is 9.76. The van der Waals surface area contributed by atoms with Gasteiger partial charge in [0.2, 0.25) is 0 Å². The second kappa shape index (κ2) is 12.7. The molecule has 12 heteroatoms. The molecule has 0 saturated carbocycles. The fourth-order valence-electron chi connectivity index (χ4n) is 4.66. The summed E-state index contributed by atoms with van der Waals surface area (Å²) in [6, 6.07) is 11.6. The highest BCUT2D eigenvalue weighted by molar-refractivity contribution is 7.17. The van der Waals surface area contributed by atoms with E-state index in [4.69, 9.17) is 16.3 Å². The Morgan fingerprint density at radius 1 is 1.18 bits per heavy atom. The third-order valence-electron chi connectivity index (χ3n) is 6.55. The Morgan fingerprint density at radius 3 is 2.60 bits per heavy atom. The highest BCUT2D eigenvalue weighted by Crippen LogP contribution is 2.36. The third-order valence-corrected chi connectivity index (χ3v) is 7.85. The van der Waals surface area contributed by atoms with Crippen LogP contribution in [0.4, 0.5) is 13.2 Å². The van der Waals surface area contributed by atoms with E-state index in [1.54, 1.807) is 0 Å². The molecule has 0 aliphatic carbocycles. The van der Waals surface area contributed by atoms with Crippen LogP contribution in [0, 0.1) is 5.92 Å². The van der Waals surface area contributed by atoms with Crippen molar-refractivity contribution in [3.05, 3.63) is 52.5 Å². The SMILES string of the molecule is CCc1c(CCN2CCC(C(=O)OC(=O)C(F)(F)F)C2)cccc1-c1nnc(-c2ccc(OC(C)C)c(Cl)c2)s1. The number of aromatic nitrogens is 2. The lowest BCUT2D eigenvalue weighted by molar-refractivity contribution is -0.203. The van der Waals surface area contributed by atoms with Crippen molar-refractivity contribution >= 4 is 34.9 Å². The van der Waals surface area contributed by atoms with Gasteiger partial charge >= 0.3 is 18.1 Å². The Kier molecular flexibility index (Phi) is 9.48. The maximum atomic E-state index is 12.4. The number of hydrogen-bond donors (Lipinski definition) is 0. The molecule has 0 N–H and O–H groups in total. The summed E-state index contributed by atoms with van der Waals surface area (Å²) in [6.07, 6.45) is -3.40. The van der Waals surface area contributed by atoms with Crippen LogP contribution in [0.5, 0.6) is 5.75 Å². The average Bonchev–Trinajstić information content (AvgIpc) is 3.58. The van der Waals surface area contributed by atoms with Crippen LogP contribution in [-0.4, -0.2) is 59.0 Å². The second-order valence-corrected chi connectivity index (χ2v) is 11.1. The fourth-order valence-corrected chi connectivity index (χ4v) is 5.78. The van der Waals surface area contributed by atoms with Gasteiger partial charge in [0.05, 0.1) is 17.0 Å². The Hall–Kier alpha value is -3.02. The standard InChI is InChI=1S/C28H29ClF3N3O4S/c1-4-20-17(10-12-35-13-11-19(15-35)26(36)39-27(37)28(30,31)32)6-5-7-21(20)25-34-33-24(40-25)18-8-9-23(22(29)14-18)38-16(2)3/h5-9,14,16,19H,4,10-13,15H2,1-3H3. The molecule has 1 aliphatic heterocycles. The molecule has 7 nitrogen and oxygen atoms in total. The van der Waals surface area contributed by atoms with Gasteiger partial charge in [0.1, 0.15) is 15.8 Å². The lowest BCUT2D eigenvalue weighted by Crippen LogP contribution is -2.32. The van der Waals surface area contributed by atoms with Gasteiger partial charge in [-0.05, 0) is 69.0 Å². The number of alkyl halides is 3. The first-order valence-electron chi connectivity index (χ1n) is 12.9. The van der Waals surface area contributed by atoms with Crippen molar-refractivity contribution in [3.63, 3.8) is 0 Å². The molecule has 0 amide bonds. The highest BCUT2D eigenvalue weighted by Gasteiger charge is 2.44. The Morgan fingerprint density at radius 2 is 1.93 bits per heavy atom. The van der Waals surface area contributed by atoms with E-state index in [0.29, 0.717) is 36.7 Å². The van der Waals surface area contributed by atoms with E-state index in [-0.39, 0.29) is 12.6 Å². The Labute approximate surface area is 239 Å². The fraction of sp³-hybridized carbons (Fsp3) is 0.429. The number of carbonyl (C=O) groups is 2. The van der Waals surface area contributed by atoms with E-state index in [9.17, 15) is 22.8 Å². The van der Waals surface area contributed by atoms with Gasteiger partial charge in [-0.25, -0.2) is 4.79 Å². The monoisotopic (exact) mass is 595 g/mol. The molecule has 214 valence electrons. The smallest absolute Gasteiger partial charge is 0.489 e. The molecule has 1 unspecified atom stereocenters. The van der Waals surface area contributed by atoms with E-state index >= 15 is 0 Å². The molecule has 1 fully saturated rings. The van der Waals surface area contributed by atoms with Gasteiger partial charge in [0, 0.05) is 24.2 Å². The first kappa shape index (κ1) is 30.0. The largest absolute Gasteiger partial charge is 0.491 e. The van der Waals surface area contributed by atoms with E-state index < -0.39 is 24.0 Å². The number of rotatable bonds is 9. The topological polar surface area (TPSA) is 81.6 Å². The summed E-state index contributed by atoms with van der Waals surface area (Å²) >= 11 is 7.88. The van der Waals surface area contributed by atoms with Crippen LogP contribution in [-0.2, 0) is 27.2 Å². The van der Waals surface area contributed by atoms with Crippen molar-refractivity contribution < 1.29 is 32.2 Å². The first-order valence-corrected chi connectivity index (χ1v) is 14.1. The molecule has 0 bridgehead atoms. The third kappa shape index (κ3) is 7.18. The normalized spacial score (nSPS) is 15.9. The van der Waals surface area contributed by atoms with Crippen molar-refractivity contribution in [1.29, 1.82) is 0 Å². The summed E-state index contributed by atoms with van der Waals surface area (Å²) in [6.45, 7) is 7.32. The molecular formula is C28H29ClF3N3O4S. The average molecular weight is 596 g/mol. The van der Waals surface area contributed by atoms with Crippen molar-refractivity contribution in [2.24, 2.45) is 5.92 Å². The van der Waals surface area contributed by atoms with E-state index in [2.05, 4.69) is 21.9 Å². The van der Waals surface area contributed by atoms with Crippen molar-refractivity contribution in [3.8, 4) is 26.9 Å². The van der Waals surface area contributed by atoms with Crippen molar-refractivity contribution in [1.82, 2.24) is 15.1 Å². The number of halogens is 4. The predicted octanol–water partition coefficient (Wildman–Crippen LogP) is 6.37. The zero-order valence-corrected chi connectivity index (χ0v) is 23.8. The minimum atomic E-state index is -5.19. The zero-order chi connectivity index (χ0) is 29.0. The van der Waals surface area contributed by atoms with Crippen LogP contribution < -0.4 is 4.74 Å². The summed E-state index contributed by atoms with van der Waals surface area (Å²) in [5.74, 6) is -3.75. The summed E-state index contributed by atoms with van der Waals surface area (Å²) in [4.78, 5) is 25.0. The van der Waals surface area contributed by atoms with Gasteiger partial charge in [0.15, 0.2) is 0 Å². The Balaban J connectivity index is 1.42. The molecule has 1 aromatic heterocycles. The first-order chi connectivity index (χ1) is 19.0. The Bertz CT molecular complexity index is 1380. The minimum Gasteiger partial charge on any atom is -0.489 e. The highest BCUT2D eigenvalue weighted by atomic mass is 35.5. The molecule has 2 heterocycles. The van der Waals surface area contributed by atoms with E-state index in [1.807, 2.05) is 55.1 Å². The molecule has 2 aromatic carbocycles. The summed E-state index contributed by atoms with van der Waals surface area (Å²) in [5.41, 5.74) is 4.09. The van der Waals surface area contributed by atoms with Crippen LogP contribution >= 0.6 is 22.9 Å². The minimum absolute atomic E-state index is 0.00793. The molecule has 0 spiro atoms. The van der Waals surface area contributed by atoms with Gasteiger partial charge < -0.3 is 14.4 Å². The molecular weight excluding hydrogens is 567 g/mol. The maximum Gasteiger partial charge on any atom is 0.491 e. The number of nitrogens with zero attached hydrogens (tertiary/aromatic N) is 3. The number of hydrogen-bond acceptors (Lipinski definition) is 8. The summed E-state index contributed by atoms with van der Waals surface area (Å²) < 4.78 is 47.0. The number of esters is 2. The van der Waals surface area contributed by atoms with Crippen LogP contribution in [0.3, 0.4) is 0 Å². The number of likely N-dealkylation sites (tertiary alicyclic amines) is 1. The molecule has 3 aromatic rings. The predicted molar refractivity (Wildman–Crippen MR) is 146 cm³/mol. The number of ether oxygens (including phenoxy) is 2. The summed E-state index contributed by atoms with van der Waals surface area (Å²) in [5, 5.41) is 10.9. The zero-order valence-electron chi connectivity index (χ0n) is 22.3. The lowest BCUT2D eigenvalue weighted by Gasteiger charge is -2.18. The molecule has 0 radical (unpaired) electrons. The van der Waals surface area contributed by atoms with E-state index in [1.165, 1.54) is 11.3 Å². The quantitative estimate of drug-likeness (QED) is 0.210. The van der Waals surface area contributed by atoms with Crippen LogP contribution in [0.15, 0.2) is 36.4 Å². The number of benzene rings is 2. The summed E-state index contributed by atoms with van der Waals surface area (Å²) in [7, 11) is 0. The van der Waals surface area contributed by atoms with Gasteiger partial charge in [-0.1, -0.05) is 48.1 Å². The van der Waals surface area contributed by atoms with Crippen LogP contribution in [0.2, 0.25) is 5.02 Å².